The molecule has 2 aromatic carbocycles. The van der Waals surface area contributed by atoms with E-state index in [4.69, 9.17) is 116 Å². The molecule has 456 valence electrons. The summed E-state index contributed by atoms with van der Waals surface area (Å²) in [5.74, 6) is -1.32. The molecule has 0 bridgehead atoms. The van der Waals surface area contributed by atoms with Crippen LogP contribution in [-0.4, -0.2) is 102 Å². The van der Waals surface area contributed by atoms with Gasteiger partial charge < -0.3 is 47.5 Å². The third-order valence-corrected chi connectivity index (χ3v) is 17.6. The number of benzene rings is 2. The highest BCUT2D eigenvalue weighted by Crippen LogP contribution is 2.53. The maximum absolute atomic E-state index is 15.4. The predicted octanol–water partition coefficient (Wildman–Crippen LogP) is 17.1. The fraction of sp³-hybridized carbons (Fsp3) is 0.714. The second-order valence-corrected chi connectivity index (χ2v) is 33.6. The number of hydrogen-bond donors (Lipinski definition) is 1. The first-order chi connectivity index (χ1) is 37.7. The van der Waals surface area contributed by atoms with Gasteiger partial charge in [0.2, 0.25) is 7.59 Å². The van der Waals surface area contributed by atoms with Gasteiger partial charge in [0.15, 0.2) is 18.0 Å². The van der Waals surface area contributed by atoms with Gasteiger partial charge in [0.1, 0.15) is 49.1 Å². The van der Waals surface area contributed by atoms with Crippen molar-refractivity contribution < 1.29 is 70.5 Å². The lowest BCUT2D eigenvalue weighted by Crippen LogP contribution is -2.66. The Hall–Kier alpha value is -2.41. The zero-order valence-corrected chi connectivity index (χ0v) is 54.0. The van der Waals surface area contributed by atoms with Gasteiger partial charge in [0, 0.05) is 21.1 Å². The fourth-order valence-corrected chi connectivity index (χ4v) is 10.7. The van der Waals surface area contributed by atoms with Crippen LogP contribution < -0.4 is 14.4 Å². The van der Waals surface area contributed by atoms with Crippen LogP contribution in [0.3, 0.4) is 0 Å². The number of rotatable bonds is 38. The number of ether oxygens (including phenoxy) is 7. The van der Waals surface area contributed by atoms with Gasteiger partial charge in [-0.2, -0.15) is 0 Å². The molecule has 0 aliphatic carbocycles. The van der Waals surface area contributed by atoms with Crippen LogP contribution in [0.2, 0.25) is 25.7 Å². The molecule has 1 aliphatic rings. The van der Waals surface area contributed by atoms with Gasteiger partial charge in [-0.3, -0.25) is 14.1 Å². The molecule has 1 amide bonds. The Morgan fingerprint density at radius 1 is 0.688 bits per heavy atom. The van der Waals surface area contributed by atoms with Crippen molar-refractivity contribution in [2.24, 2.45) is 0 Å². The molecule has 1 fully saturated rings. The van der Waals surface area contributed by atoms with E-state index < -0.39 is 110 Å². The van der Waals surface area contributed by atoms with Gasteiger partial charge >= 0.3 is 32.0 Å². The van der Waals surface area contributed by atoms with Crippen LogP contribution in [0.15, 0.2) is 60.7 Å². The quantitative estimate of drug-likeness (QED) is 0.0167. The lowest BCUT2D eigenvalue weighted by Gasteiger charge is -2.45. The lowest BCUT2D eigenvalue weighted by atomic mass is 9.96. The van der Waals surface area contributed by atoms with Gasteiger partial charge in [-0.05, 0) is 63.4 Å². The summed E-state index contributed by atoms with van der Waals surface area (Å²) in [4.78, 5) is 55.7. The molecule has 1 heterocycles. The number of phosphoric acid groups is 1. The summed E-state index contributed by atoms with van der Waals surface area (Å²) in [7, 11) is -6.84. The van der Waals surface area contributed by atoms with Crippen molar-refractivity contribution in [1.29, 1.82) is 0 Å². The average molecular weight is 1290 g/mol. The maximum Gasteiger partial charge on any atom is 0.588 e. The van der Waals surface area contributed by atoms with Crippen LogP contribution in [0.5, 0.6) is 11.5 Å². The Morgan fingerprint density at radius 2 is 1.20 bits per heavy atom. The van der Waals surface area contributed by atoms with Crippen LogP contribution in [-0.2, 0) is 51.8 Å². The van der Waals surface area contributed by atoms with Crippen molar-refractivity contribution in [2.45, 2.75) is 232 Å². The zero-order chi connectivity index (χ0) is 59.2. The summed E-state index contributed by atoms with van der Waals surface area (Å²) in [6.07, 6.45) is 7.37. The van der Waals surface area contributed by atoms with Crippen LogP contribution in [0, 0.1) is 0 Å². The molecule has 24 heteroatoms. The molecule has 1 saturated heterocycles. The van der Waals surface area contributed by atoms with Gasteiger partial charge in [-0.1, -0.05) is 236 Å². The molecule has 0 saturated carbocycles. The number of amides is 1. The molecule has 16 nitrogen and oxygen atoms in total. The van der Waals surface area contributed by atoms with E-state index in [0.29, 0.717) is 25.3 Å². The molecule has 2 aromatic rings. The number of carbonyl (C=O) groups excluding carboxylic acids is 4. The Bertz CT molecular complexity index is 2090. The van der Waals surface area contributed by atoms with E-state index in [2.05, 4.69) is 38.8 Å². The molecule has 1 N–H and O–H groups in total. The molecular weight excluding hydrogens is 1200 g/mol. The second kappa shape index (κ2) is 37.1. The number of phosphoric ester groups is 1. The van der Waals surface area contributed by atoms with Crippen LogP contribution in [0.25, 0.3) is 0 Å². The highest BCUT2D eigenvalue weighted by molar-refractivity contribution is 7.49. The third-order valence-electron chi connectivity index (χ3n) is 12.8. The minimum atomic E-state index is -5.01. The highest BCUT2D eigenvalue weighted by atomic mass is 35.6. The molecule has 1 aliphatic heterocycles. The van der Waals surface area contributed by atoms with Gasteiger partial charge in [0.25, 0.3) is 0 Å². The first-order valence-electron chi connectivity index (χ1n) is 28.1. The first kappa shape index (κ1) is 71.8. The molecule has 0 spiro atoms. The van der Waals surface area contributed by atoms with E-state index in [-0.39, 0.29) is 24.5 Å². The number of halogens is 6. The molecule has 0 unspecified atom stereocenters. The van der Waals surface area contributed by atoms with Crippen molar-refractivity contribution in [1.82, 2.24) is 5.32 Å². The number of alkyl carbamates (subject to hydrolysis) is 1. The van der Waals surface area contributed by atoms with Gasteiger partial charge in [0.05, 0.1) is 6.42 Å². The average Bonchev–Trinajstić information content (AvgIpc) is 3.36. The Labute approximate surface area is 506 Å². The minimum Gasteiger partial charge on any atom is -0.462 e. The third kappa shape index (κ3) is 30.4. The smallest absolute Gasteiger partial charge is 0.462 e. The van der Waals surface area contributed by atoms with E-state index in [1.807, 2.05) is 0 Å². The molecule has 6 atom stereocenters. The van der Waals surface area contributed by atoms with Gasteiger partial charge in [-0.15, -0.1) is 0 Å². The second-order valence-electron chi connectivity index (χ2n) is 21.7. The largest absolute Gasteiger partial charge is 0.588 e. The molecule has 80 heavy (non-hydrogen) atoms. The topological polar surface area (TPSA) is 190 Å². The lowest BCUT2D eigenvalue weighted by molar-refractivity contribution is -0.269. The Kier molecular flexibility index (Phi) is 33.3. The summed E-state index contributed by atoms with van der Waals surface area (Å²) in [6, 6.07) is 14.9. The summed E-state index contributed by atoms with van der Waals surface area (Å²) in [5.41, 5.74) is -1.73. The fourth-order valence-electron chi connectivity index (χ4n) is 8.20. The summed E-state index contributed by atoms with van der Waals surface area (Å²) >= 11 is 36.4. The molecule has 0 radical (unpaired) electrons. The minimum absolute atomic E-state index is 0.0352. The van der Waals surface area contributed by atoms with E-state index >= 15 is 4.57 Å². The maximum atomic E-state index is 15.4. The number of esters is 2. The first-order valence-corrected chi connectivity index (χ1v) is 35.5. The molecule has 3 rings (SSSR count). The highest BCUT2D eigenvalue weighted by Gasteiger charge is 2.55. The summed E-state index contributed by atoms with van der Waals surface area (Å²) in [5, 5.41) is 2.63. The van der Waals surface area contributed by atoms with E-state index in [0.717, 1.165) is 64.2 Å². The van der Waals surface area contributed by atoms with Crippen molar-refractivity contribution in [2.75, 3.05) is 19.8 Å². The van der Waals surface area contributed by atoms with Crippen molar-refractivity contribution >= 4 is 110 Å². The van der Waals surface area contributed by atoms with E-state index in [1.54, 1.807) is 36.4 Å². The normalized spacial score (nSPS) is 18.4. The van der Waals surface area contributed by atoms with E-state index in [9.17, 15) is 19.2 Å². The zero-order valence-electron chi connectivity index (χ0n) is 47.5. The van der Waals surface area contributed by atoms with Gasteiger partial charge in [-0.25, -0.2) is 14.2 Å². The van der Waals surface area contributed by atoms with Crippen LogP contribution in [0.1, 0.15) is 156 Å². The van der Waals surface area contributed by atoms with Crippen LogP contribution in [0.4, 0.5) is 9.59 Å². The number of hydrogen-bond acceptors (Lipinski definition) is 15. The molecular formula is C56H86Cl6NO15PSi. The number of para-hydroxylation sites is 2. The number of nitrogens with one attached hydrogen (secondary N) is 1. The standard InChI is InChI=1S/C56H86Cl6NO15PSi/c1-8-10-12-14-16-18-19-21-25-35-44(72-46(64)36-30-22-20-17-15-13-11-9-2)39-47(65)74-50-48(63-52(66)71-41-55(57,58)59)51(69-37-38-80(5,6)7)73-45(40-70-53(67)75-54(3,4)56(60,61)62)49(50)78-79(68,76-42-31-26-23-27-32-42)77-43-33-28-24-29-34-43/h23-24,26-29,31-34,44-45,48-51H,8-22,25,30,35-41H2,1-7H3,(H,63,66)/t44-,45-,48-,49-,50-,51-/m1/s1. The number of carbonyl (C=O) groups is 4. The Balaban J connectivity index is 2.17. The van der Waals surface area contributed by atoms with Crippen molar-refractivity contribution in [3.63, 3.8) is 0 Å². The monoisotopic (exact) mass is 1280 g/mol. The molecule has 0 aromatic heterocycles. The number of alkyl halides is 6. The summed E-state index contributed by atoms with van der Waals surface area (Å²) in [6.45, 7) is 11.9. The van der Waals surface area contributed by atoms with E-state index in [1.165, 1.54) is 70.2 Å². The summed E-state index contributed by atoms with van der Waals surface area (Å²) < 4.78 is 71.5. The predicted molar refractivity (Wildman–Crippen MR) is 318 cm³/mol. The van der Waals surface area contributed by atoms with Crippen molar-refractivity contribution in [3.8, 4) is 11.5 Å². The SMILES string of the molecule is CCCCCCCCCCC[C@H](CC(=O)O[C@@H]1[C@@H](NC(=O)OCC(Cl)(Cl)Cl)[C@H](OCC[Si](C)(C)C)O[C@H](COC(=O)OC(C)(C)C(Cl)(Cl)Cl)[C@H]1OP(=O)(Oc1ccccc1)Oc1ccccc1)OC(=O)CCCCCCCCCC. The number of unbranched alkanes of at least 4 members (excludes halogenated alkanes) is 15. The van der Waals surface area contributed by atoms with Crippen molar-refractivity contribution in [3.05, 3.63) is 60.7 Å². The Morgan fingerprint density at radius 3 is 1.70 bits per heavy atom. The van der Waals surface area contributed by atoms with Crippen LogP contribution >= 0.6 is 77.4 Å².